The summed E-state index contributed by atoms with van der Waals surface area (Å²) in [6.45, 7) is 6.10. The van der Waals surface area contributed by atoms with Gasteiger partial charge in [0.2, 0.25) is 5.91 Å². The predicted molar refractivity (Wildman–Crippen MR) is 102 cm³/mol. The summed E-state index contributed by atoms with van der Waals surface area (Å²) in [6.07, 6.45) is 1.12. The second kappa shape index (κ2) is 7.30. The van der Waals surface area contributed by atoms with Gasteiger partial charge in [-0.25, -0.2) is 13.1 Å². The van der Waals surface area contributed by atoms with E-state index in [9.17, 15) is 13.2 Å². The number of amides is 1. The monoisotopic (exact) mass is 416 g/mol. The Bertz CT molecular complexity index is 920. The Labute approximate surface area is 162 Å². The minimum Gasteiger partial charge on any atom is -0.309 e. The molecule has 0 bridgehead atoms. The molecule has 0 saturated carbocycles. The smallest absolute Gasteiger partial charge is 0.253 e. The van der Waals surface area contributed by atoms with Crippen LogP contribution >= 0.6 is 22.9 Å². The summed E-state index contributed by atoms with van der Waals surface area (Å²) in [6, 6.07) is 4.15. The van der Waals surface area contributed by atoms with E-state index < -0.39 is 16.1 Å². The fourth-order valence-electron chi connectivity index (χ4n) is 3.05. The van der Waals surface area contributed by atoms with Crippen LogP contribution in [-0.2, 0) is 14.8 Å². The number of sulfonamides is 1. The number of rotatable bonds is 5. The molecule has 1 fully saturated rings. The Morgan fingerprint density at radius 2 is 2.15 bits per heavy atom. The van der Waals surface area contributed by atoms with E-state index in [2.05, 4.69) is 10.4 Å². The summed E-state index contributed by atoms with van der Waals surface area (Å²) in [5, 5.41) is 7.21. The number of nitrogens with one attached hydrogen (secondary N) is 1. The molecule has 1 amide bonds. The molecule has 0 aromatic carbocycles. The van der Waals surface area contributed by atoms with Crippen LogP contribution in [0.1, 0.15) is 38.4 Å². The van der Waals surface area contributed by atoms with Crippen LogP contribution in [0.5, 0.6) is 0 Å². The molecule has 142 valence electrons. The summed E-state index contributed by atoms with van der Waals surface area (Å²) >= 11 is 6.87. The van der Waals surface area contributed by atoms with Crippen molar-refractivity contribution in [2.24, 2.45) is 0 Å². The zero-order valence-electron chi connectivity index (χ0n) is 14.8. The normalized spacial score (nSPS) is 18.6. The summed E-state index contributed by atoms with van der Waals surface area (Å²) in [5.41, 5.74) is 0.790. The minimum absolute atomic E-state index is 0.0793. The quantitative estimate of drug-likeness (QED) is 0.810. The third-order valence-corrected chi connectivity index (χ3v) is 7.82. The largest absolute Gasteiger partial charge is 0.309 e. The molecular weight excluding hydrogens is 396 g/mol. The number of carbonyl (C=O) groups is 1. The molecule has 1 saturated heterocycles. The molecule has 1 aliphatic rings. The molecule has 10 heteroatoms. The van der Waals surface area contributed by atoms with Gasteiger partial charge < -0.3 is 5.32 Å². The lowest BCUT2D eigenvalue weighted by molar-refractivity contribution is -0.119. The predicted octanol–water partition coefficient (Wildman–Crippen LogP) is 3.28. The maximum absolute atomic E-state index is 12.9. The highest BCUT2D eigenvalue weighted by atomic mass is 35.5. The number of carbonyl (C=O) groups excluding carboxylic acids is 1. The molecule has 1 N–H and O–H groups in total. The van der Waals surface area contributed by atoms with Crippen molar-refractivity contribution in [3.8, 4) is 0 Å². The van der Waals surface area contributed by atoms with Crippen molar-refractivity contribution < 1.29 is 13.2 Å². The van der Waals surface area contributed by atoms with Gasteiger partial charge >= 0.3 is 0 Å². The molecular formula is C16H21ClN4O3S2. The van der Waals surface area contributed by atoms with Crippen molar-refractivity contribution in [1.82, 2.24) is 14.1 Å². The van der Waals surface area contributed by atoms with E-state index in [4.69, 9.17) is 11.6 Å². The van der Waals surface area contributed by atoms with E-state index in [1.807, 2.05) is 20.8 Å². The van der Waals surface area contributed by atoms with Crippen molar-refractivity contribution in [2.75, 3.05) is 11.9 Å². The molecule has 7 nitrogen and oxygen atoms in total. The number of anilines is 1. The van der Waals surface area contributed by atoms with Crippen molar-refractivity contribution in [3.63, 3.8) is 0 Å². The van der Waals surface area contributed by atoms with Gasteiger partial charge in [0.1, 0.15) is 16.1 Å². The van der Waals surface area contributed by atoms with Crippen LogP contribution < -0.4 is 5.32 Å². The number of hydrogen-bond acceptors (Lipinski definition) is 5. The van der Waals surface area contributed by atoms with Gasteiger partial charge in [-0.15, -0.1) is 11.3 Å². The van der Waals surface area contributed by atoms with Gasteiger partial charge in [0, 0.05) is 18.7 Å². The zero-order chi connectivity index (χ0) is 19.1. The second-order valence-electron chi connectivity index (χ2n) is 6.53. The van der Waals surface area contributed by atoms with Crippen LogP contribution in [0.4, 0.5) is 5.82 Å². The van der Waals surface area contributed by atoms with E-state index >= 15 is 0 Å². The molecule has 2 aromatic rings. The first kappa shape index (κ1) is 19.3. The van der Waals surface area contributed by atoms with E-state index in [1.165, 1.54) is 10.4 Å². The van der Waals surface area contributed by atoms with E-state index in [-0.39, 0.29) is 16.2 Å². The summed E-state index contributed by atoms with van der Waals surface area (Å²) in [4.78, 5) is 12.8. The molecule has 3 rings (SSSR count). The van der Waals surface area contributed by atoms with Crippen molar-refractivity contribution in [1.29, 1.82) is 0 Å². The summed E-state index contributed by atoms with van der Waals surface area (Å²) < 4.78 is 29.3. The summed E-state index contributed by atoms with van der Waals surface area (Å²) in [7, 11) is -3.74. The average molecular weight is 417 g/mol. The van der Waals surface area contributed by atoms with Crippen LogP contribution in [0.15, 0.2) is 22.4 Å². The standard InChI is InChI=1S/C16H21ClN4O3S2/c1-10(2)21-14(9-11(3)19-21)18-16(22)12-5-4-8-20(12)26(23,24)15-7-6-13(17)25-15/h6-7,9-10,12H,4-5,8H2,1-3H3,(H,18,22)/t12-/m1/s1. The van der Waals surface area contributed by atoms with E-state index in [1.54, 1.807) is 16.8 Å². The van der Waals surface area contributed by atoms with Crippen molar-refractivity contribution in [3.05, 3.63) is 28.2 Å². The fourth-order valence-corrected chi connectivity index (χ4v) is 6.32. The van der Waals surface area contributed by atoms with Gasteiger partial charge in [-0.1, -0.05) is 11.6 Å². The summed E-state index contributed by atoms with van der Waals surface area (Å²) in [5.74, 6) is 0.237. The number of nitrogens with zero attached hydrogens (tertiary/aromatic N) is 3. The van der Waals surface area contributed by atoms with Crippen molar-refractivity contribution >= 4 is 44.7 Å². The highest BCUT2D eigenvalue weighted by molar-refractivity contribution is 7.91. The highest BCUT2D eigenvalue weighted by Gasteiger charge is 2.40. The van der Waals surface area contributed by atoms with Gasteiger partial charge in [-0.3, -0.25) is 4.79 Å². The van der Waals surface area contributed by atoms with Crippen LogP contribution in [0.3, 0.4) is 0 Å². The molecule has 2 aromatic heterocycles. The third-order valence-electron chi connectivity index (χ3n) is 4.22. The number of aryl methyl sites for hydroxylation is 1. The molecule has 0 spiro atoms. The SMILES string of the molecule is Cc1cc(NC(=O)[C@H]2CCCN2S(=O)(=O)c2ccc(Cl)s2)n(C(C)C)n1. The number of thiophene rings is 1. The molecule has 0 radical (unpaired) electrons. The third kappa shape index (κ3) is 3.66. The first-order valence-electron chi connectivity index (χ1n) is 8.34. The Balaban J connectivity index is 1.83. The average Bonchev–Trinajstić information content (AvgIpc) is 3.26. The maximum Gasteiger partial charge on any atom is 0.253 e. The lowest BCUT2D eigenvalue weighted by Gasteiger charge is -2.23. The topological polar surface area (TPSA) is 84.3 Å². The van der Waals surface area contributed by atoms with Crippen LogP contribution in [-0.4, -0.2) is 41.0 Å². The maximum atomic E-state index is 12.9. The lowest BCUT2D eigenvalue weighted by atomic mass is 10.2. The Morgan fingerprint density at radius 1 is 1.42 bits per heavy atom. The Morgan fingerprint density at radius 3 is 2.77 bits per heavy atom. The number of halogens is 1. The highest BCUT2D eigenvalue weighted by Crippen LogP contribution is 2.32. The van der Waals surface area contributed by atoms with E-state index in [0.717, 1.165) is 17.0 Å². The number of hydrogen-bond donors (Lipinski definition) is 1. The van der Waals surface area contributed by atoms with Crippen LogP contribution in [0, 0.1) is 6.92 Å². The zero-order valence-corrected chi connectivity index (χ0v) is 17.2. The number of aromatic nitrogens is 2. The minimum atomic E-state index is -3.74. The van der Waals surface area contributed by atoms with Gasteiger partial charge in [0.15, 0.2) is 0 Å². The Hall–Kier alpha value is -1.42. The lowest BCUT2D eigenvalue weighted by Crippen LogP contribution is -2.43. The van der Waals surface area contributed by atoms with Gasteiger partial charge in [-0.05, 0) is 45.7 Å². The first-order valence-corrected chi connectivity index (χ1v) is 11.0. The second-order valence-corrected chi connectivity index (χ2v) is 10.4. The molecule has 3 heterocycles. The molecule has 1 aliphatic heterocycles. The van der Waals surface area contributed by atoms with Crippen LogP contribution in [0.25, 0.3) is 0 Å². The molecule has 1 atom stereocenters. The van der Waals surface area contributed by atoms with Crippen molar-refractivity contribution in [2.45, 2.75) is 49.9 Å². The molecule has 26 heavy (non-hydrogen) atoms. The molecule has 0 aliphatic carbocycles. The van der Waals surface area contributed by atoms with E-state index in [0.29, 0.717) is 29.5 Å². The molecule has 0 unspecified atom stereocenters. The van der Waals surface area contributed by atoms with Gasteiger partial charge in [-0.2, -0.15) is 9.40 Å². The first-order chi connectivity index (χ1) is 12.2. The Kier molecular flexibility index (Phi) is 5.43. The van der Waals surface area contributed by atoms with Crippen LogP contribution in [0.2, 0.25) is 4.34 Å². The van der Waals surface area contributed by atoms with Gasteiger partial charge in [0.05, 0.1) is 10.0 Å². The fraction of sp³-hybridized carbons (Fsp3) is 0.500. The van der Waals surface area contributed by atoms with Gasteiger partial charge in [0.25, 0.3) is 10.0 Å².